The van der Waals surface area contributed by atoms with Crippen molar-refractivity contribution in [1.82, 2.24) is 0 Å². The summed E-state index contributed by atoms with van der Waals surface area (Å²) in [6.45, 7) is 4.03. The second kappa shape index (κ2) is 7.97. The number of primary amides is 1. The van der Waals surface area contributed by atoms with Crippen LogP contribution in [0.1, 0.15) is 32.3 Å². The van der Waals surface area contributed by atoms with Crippen LogP contribution in [0, 0.1) is 5.41 Å². The van der Waals surface area contributed by atoms with Gasteiger partial charge in [0.05, 0.1) is 19.6 Å². The van der Waals surface area contributed by atoms with Crippen LogP contribution >= 0.6 is 0 Å². The second-order valence-corrected chi connectivity index (χ2v) is 7.08. The highest BCUT2D eigenvalue weighted by molar-refractivity contribution is 5.85. The van der Waals surface area contributed by atoms with E-state index in [2.05, 4.69) is 6.07 Å². The Bertz CT molecular complexity index is 985. The number of amides is 1. The van der Waals surface area contributed by atoms with E-state index in [-0.39, 0.29) is 5.91 Å². The fourth-order valence-corrected chi connectivity index (χ4v) is 3.66. The summed E-state index contributed by atoms with van der Waals surface area (Å²) in [7, 11) is 3.22. The molecule has 5 nitrogen and oxygen atoms in total. The fraction of sp³-hybridized carbons (Fsp3) is 0.348. The van der Waals surface area contributed by atoms with Crippen LogP contribution in [0.4, 0.5) is 0 Å². The van der Waals surface area contributed by atoms with Gasteiger partial charge in [-0.1, -0.05) is 19.9 Å². The summed E-state index contributed by atoms with van der Waals surface area (Å²) in [6.07, 6.45) is 2.07. The highest BCUT2D eigenvalue weighted by Crippen LogP contribution is 2.36. The van der Waals surface area contributed by atoms with Gasteiger partial charge in [0, 0.05) is 10.9 Å². The first-order chi connectivity index (χ1) is 13.5. The average molecular weight is 381 g/mol. The molecule has 5 heteroatoms. The van der Waals surface area contributed by atoms with E-state index in [0.29, 0.717) is 17.9 Å². The molecule has 0 fully saturated rings. The van der Waals surface area contributed by atoms with Crippen LogP contribution in [0.2, 0.25) is 0 Å². The third kappa shape index (κ3) is 3.57. The van der Waals surface area contributed by atoms with Crippen molar-refractivity contribution in [3.8, 4) is 22.8 Å². The normalized spacial score (nSPS) is 11.6. The Morgan fingerprint density at radius 2 is 1.71 bits per heavy atom. The number of furan rings is 1. The number of rotatable bonds is 8. The number of benzene rings is 2. The van der Waals surface area contributed by atoms with E-state index in [1.807, 2.05) is 50.2 Å². The lowest BCUT2D eigenvalue weighted by molar-refractivity contribution is -0.128. The molecule has 0 radical (unpaired) electrons. The quantitative estimate of drug-likeness (QED) is 0.599. The van der Waals surface area contributed by atoms with Crippen molar-refractivity contribution in [2.45, 2.75) is 33.1 Å². The predicted molar refractivity (Wildman–Crippen MR) is 111 cm³/mol. The van der Waals surface area contributed by atoms with Crippen LogP contribution in [0.25, 0.3) is 22.3 Å². The van der Waals surface area contributed by atoms with E-state index in [4.69, 9.17) is 19.6 Å². The number of methoxy groups -OCH3 is 2. The van der Waals surface area contributed by atoms with E-state index < -0.39 is 5.41 Å². The van der Waals surface area contributed by atoms with Gasteiger partial charge in [-0.3, -0.25) is 4.79 Å². The molecule has 0 saturated heterocycles. The lowest BCUT2D eigenvalue weighted by Gasteiger charge is -2.28. The molecule has 0 atom stereocenters. The number of carbonyl (C=O) groups excluding carboxylic acids is 1. The van der Waals surface area contributed by atoms with Gasteiger partial charge in [-0.15, -0.1) is 0 Å². The zero-order valence-electron chi connectivity index (χ0n) is 16.9. The lowest BCUT2D eigenvalue weighted by atomic mass is 9.76. The first-order valence-corrected chi connectivity index (χ1v) is 9.51. The van der Waals surface area contributed by atoms with Gasteiger partial charge < -0.3 is 19.6 Å². The minimum absolute atomic E-state index is 0.240. The Labute approximate surface area is 165 Å². The smallest absolute Gasteiger partial charge is 0.223 e. The van der Waals surface area contributed by atoms with Crippen molar-refractivity contribution in [3.63, 3.8) is 0 Å². The van der Waals surface area contributed by atoms with E-state index in [9.17, 15) is 4.79 Å². The van der Waals surface area contributed by atoms with Crippen molar-refractivity contribution >= 4 is 16.9 Å². The van der Waals surface area contributed by atoms with E-state index in [1.165, 1.54) is 0 Å². The third-order valence-corrected chi connectivity index (χ3v) is 5.67. The Kier molecular flexibility index (Phi) is 5.63. The Morgan fingerprint density at radius 1 is 1.00 bits per heavy atom. The summed E-state index contributed by atoms with van der Waals surface area (Å²) in [5.74, 6) is 1.83. The summed E-state index contributed by atoms with van der Waals surface area (Å²) >= 11 is 0. The molecular formula is C23H27NO4. The molecule has 0 aliphatic rings. The molecule has 1 aromatic heterocycles. The maximum atomic E-state index is 12.0. The van der Waals surface area contributed by atoms with Gasteiger partial charge in [-0.05, 0) is 61.2 Å². The van der Waals surface area contributed by atoms with Crippen molar-refractivity contribution in [3.05, 3.63) is 48.0 Å². The fourth-order valence-electron chi connectivity index (χ4n) is 3.66. The molecule has 3 aromatic rings. The van der Waals surface area contributed by atoms with E-state index in [0.717, 1.165) is 40.7 Å². The number of hydrogen-bond acceptors (Lipinski definition) is 4. The van der Waals surface area contributed by atoms with Crippen LogP contribution in [0.5, 0.6) is 11.5 Å². The molecule has 1 heterocycles. The highest BCUT2D eigenvalue weighted by Gasteiger charge is 2.33. The third-order valence-electron chi connectivity index (χ3n) is 5.67. The molecule has 148 valence electrons. The summed E-state index contributed by atoms with van der Waals surface area (Å²) in [5.41, 5.74) is 7.98. The van der Waals surface area contributed by atoms with Gasteiger partial charge in [0.25, 0.3) is 0 Å². The van der Waals surface area contributed by atoms with Crippen LogP contribution in [0.3, 0.4) is 0 Å². The molecule has 28 heavy (non-hydrogen) atoms. The molecule has 2 N–H and O–H groups in total. The second-order valence-electron chi connectivity index (χ2n) is 7.08. The largest absolute Gasteiger partial charge is 0.493 e. The molecule has 0 bridgehead atoms. The molecule has 0 saturated carbocycles. The SMILES string of the molecule is CCC(CC)(Cc1ccc2oc(-c3ccc(OC)c(OC)c3)cc2c1)C(N)=O. The Hall–Kier alpha value is -2.95. The van der Waals surface area contributed by atoms with Gasteiger partial charge in [0.2, 0.25) is 5.91 Å². The average Bonchev–Trinajstić information content (AvgIpc) is 3.14. The molecule has 2 aromatic carbocycles. The summed E-state index contributed by atoms with van der Waals surface area (Å²) < 4.78 is 16.7. The molecule has 0 aliphatic heterocycles. The van der Waals surface area contributed by atoms with Crippen LogP contribution in [-0.2, 0) is 11.2 Å². The number of hydrogen-bond donors (Lipinski definition) is 1. The van der Waals surface area contributed by atoms with E-state index >= 15 is 0 Å². The highest BCUT2D eigenvalue weighted by atomic mass is 16.5. The van der Waals surface area contributed by atoms with Gasteiger partial charge >= 0.3 is 0 Å². The standard InChI is InChI=1S/C23H27NO4/c1-5-23(6-2,22(24)25)14-15-7-9-18-17(11-15)13-20(28-18)16-8-10-19(26-3)21(12-16)27-4/h7-13H,5-6,14H2,1-4H3,(H2,24,25). The van der Waals surface area contributed by atoms with Crippen LogP contribution in [-0.4, -0.2) is 20.1 Å². The zero-order valence-corrected chi connectivity index (χ0v) is 16.9. The van der Waals surface area contributed by atoms with E-state index in [1.54, 1.807) is 14.2 Å². The molecular weight excluding hydrogens is 354 g/mol. The Morgan fingerprint density at radius 3 is 2.32 bits per heavy atom. The summed E-state index contributed by atoms with van der Waals surface area (Å²) in [4.78, 5) is 12.0. The van der Waals surface area contributed by atoms with Gasteiger partial charge in [-0.2, -0.15) is 0 Å². The Balaban J connectivity index is 1.96. The van der Waals surface area contributed by atoms with Gasteiger partial charge in [0.1, 0.15) is 11.3 Å². The van der Waals surface area contributed by atoms with Crippen molar-refractivity contribution < 1.29 is 18.7 Å². The zero-order chi connectivity index (χ0) is 20.3. The molecule has 0 spiro atoms. The van der Waals surface area contributed by atoms with Gasteiger partial charge in [-0.25, -0.2) is 0 Å². The summed E-state index contributed by atoms with van der Waals surface area (Å²) in [6, 6.07) is 13.7. The maximum Gasteiger partial charge on any atom is 0.223 e. The maximum absolute atomic E-state index is 12.0. The first kappa shape index (κ1) is 19.8. The number of carbonyl (C=O) groups is 1. The molecule has 0 unspecified atom stereocenters. The van der Waals surface area contributed by atoms with Crippen LogP contribution < -0.4 is 15.2 Å². The van der Waals surface area contributed by atoms with Crippen LogP contribution in [0.15, 0.2) is 46.9 Å². The number of ether oxygens (including phenoxy) is 2. The first-order valence-electron chi connectivity index (χ1n) is 9.51. The van der Waals surface area contributed by atoms with Gasteiger partial charge in [0.15, 0.2) is 11.5 Å². The molecule has 1 amide bonds. The number of nitrogens with two attached hydrogens (primary N) is 1. The van der Waals surface area contributed by atoms with Crippen molar-refractivity contribution in [1.29, 1.82) is 0 Å². The summed E-state index contributed by atoms with van der Waals surface area (Å²) in [5, 5.41) is 0.993. The minimum Gasteiger partial charge on any atom is -0.493 e. The molecule has 3 rings (SSSR count). The molecule has 0 aliphatic carbocycles. The topological polar surface area (TPSA) is 74.7 Å². The van der Waals surface area contributed by atoms with Crippen molar-refractivity contribution in [2.24, 2.45) is 11.1 Å². The minimum atomic E-state index is -0.510. The lowest BCUT2D eigenvalue weighted by Crippen LogP contribution is -2.38. The monoisotopic (exact) mass is 381 g/mol. The number of fused-ring (bicyclic) bond motifs is 1. The predicted octanol–water partition coefficient (Wildman–Crippen LogP) is 4.95. The van der Waals surface area contributed by atoms with Crippen molar-refractivity contribution in [2.75, 3.05) is 14.2 Å².